The molecule has 0 unspecified atom stereocenters. The Morgan fingerprint density at radius 1 is 1.05 bits per heavy atom. The fourth-order valence-electron chi connectivity index (χ4n) is 4.12. The van der Waals surface area contributed by atoms with E-state index < -0.39 is 5.97 Å². The minimum atomic E-state index is -0.440. The molecule has 3 heterocycles. The highest BCUT2D eigenvalue weighted by Crippen LogP contribution is 2.38. The number of benzene rings is 2. The number of nitriles is 1. The maximum absolute atomic E-state index is 11.9. The zero-order valence-electron chi connectivity index (χ0n) is 21.1. The third-order valence-corrected chi connectivity index (χ3v) is 5.97. The van der Waals surface area contributed by atoms with Gasteiger partial charge in [-0.15, -0.1) is 0 Å². The number of aliphatic imine (C=N–C) groups is 1. The Balaban J connectivity index is 1.42. The number of aromatic nitrogens is 3. The molecule has 0 bridgehead atoms. The number of hydrogen-bond acceptors (Lipinski definition) is 9. The predicted octanol–water partition coefficient (Wildman–Crippen LogP) is 6.00. The van der Waals surface area contributed by atoms with Crippen molar-refractivity contribution in [1.29, 1.82) is 5.26 Å². The van der Waals surface area contributed by atoms with Gasteiger partial charge in [0.05, 0.1) is 23.8 Å². The fourth-order valence-corrected chi connectivity index (χ4v) is 4.12. The first-order chi connectivity index (χ1) is 18.4. The van der Waals surface area contributed by atoms with Crippen molar-refractivity contribution in [2.45, 2.75) is 27.2 Å². The number of carbonyl (C=O) groups is 1. The summed E-state index contributed by atoms with van der Waals surface area (Å²) >= 11 is 0. The minimum Gasteiger partial charge on any atom is -0.461 e. The summed E-state index contributed by atoms with van der Waals surface area (Å²) in [6.45, 7) is 6.01. The van der Waals surface area contributed by atoms with Gasteiger partial charge in [0.1, 0.15) is 11.4 Å². The Labute approximate surface area is 219 Å². The molecule has 9 nitrogen and oxygen atoms in total. The molecule has 0 spiro atoms. The van der Waals surface area contributed by atoms with Gasteiger partial charge in [-0.25, -0.2) is 14.8 Å². The molecule has 1 aliphatic heterocycles. The fraction of sp³-hybridized carbons (Fsp3) is 0.172. The SMILES string of the molecule is CCOC(=O)c1ccc(-c2cc(C)c(Oc3nc(Nc4ccc(C#N)cc4)nc4c3CC=N4)c(C)c2)cn1. The average Bonchev–Trinajstić information content (AvgIpc) is 3.40. The first-order valence-electron chi connectivity index (χ1n) is 12.1. The minimum absolute atomic E-state index is 0.272. The van der Waals surface area contributed by atoms with Gasteiger partial charge in [0, 0.05) is 30.1 Å². The average molecular weight is 505 g/mol. The number of fused-ring (bicyclic) bond motifs is 1. The smallest absolute Gasteiger partial charge is 0.356 e. The number of anilines is 2. The molecule has 0 aliphatic carbocycles. The lowest BCUT2D eigenvalue weighted by Gasteiger charge is -2.16. The summed E-state index contributed by atoms with van der Waals surface area (Å²) in [5, 5.41) is 12.2. The zero-order valence-corrected chi connectivity index (χ0v) is 21.1. The molecular weight excluding hydrogens is 480 g/mol. The van der Waals surface area contributed by atoms with Crippen LogP contribution >= 0.6 is 0 Å². The summed E-state index contributed by atoms with van der Waals surface area (Å²) in [5.74, 6) is 1.60. The predicted molar refractivity (Wildman–Crippen MR) is 144 cm³/mol. The van der Waals surface area contributed by atoms with E-state index in [0.717, 1.165) is 33.5 Å². The van der Waals surface area contributed by atoms with Gasteiger partial charge in [0.25, 0.3) is 0 Å². The normalized spacial score (nSPS) is 11.5. The number of pyridine rings is 1. The number of carbonyl (C=O) groups excluding carboxylic acids is 1. The van der Waals surface area contributed by atoms with Crippen LogP contribution in [0.4, 0.5) is 17.5 Å². The summed E-state index contributed by atoms with van der Waals surface area (Å²) in [6.07, 6.45) is 4.03. The van der Waals surface area contributed by atoms with E-state index >= 15 is 0 Å². The monoisotopic (exact) mass is 504 g/mol. The molecule has 9 heteroatoms. The quantitative estimate of drug-likeness (QED) is 0.304. The molecule has 188 valence electrons. The van der Waals surface area contributed by atoms with Gasteiger partial charge in [0.2, 0.25) is 11.8 Å². The highest BCUT2D eigenvalue weighted by molar-refractivity contribution is 5.87. The summed E-state index contributed by atoms with van der Waals surface area (Å²) in [7, 11) is 0. The van der Waals surface area contributed by atoms with E-state index in [1.807, 2.05) is 32.0 Å². The lowest BCUT2D eigenvalue weighted by Crippen LogP contribution is -2.06. The van der Waals surface area contributed by atoms with Gasteiger partial charge in [-0.05, 0) is 79.9 Å². The van der Waals surface area contributed by atoms with Gasteiger partial charge in [-0.2, -0.15) is 15.2 Å². The molecule has 1 aliphatic rings. The van der Waals surface area contributed by atoms with Gasteiger partial charge >= 0.3 is 5.97 Å². The topological polar surface area (TPSA) is 122 Å². The van der Waals surface area contributed by atoms with E-state index in [0.29, 0.717) is 42.0 Å². The van der Waals surface area contributed by atoms with Crippen LogP contribution in [0.1, 0.15) is 39.7 Å². The van der Waals surface area contributed by atoms with E-state index in [1.165, 1.54) is 0 Å². The molecule has 0 amide bonds. The second kappa shape index (κ2) is 10.5. The number of hydrogen-bond donors (Lipinski definition) is 1. The number of ether oxygens (including phenoxy) is 2. The van der Waals surface area contributed by atoms with Crippen LogP contribution in [0.5, 0.6) is 11.6 Å². The molecule has 0 fully saturated rings. The summed E-state index contributed by atoms with van der Waals surface area (Å²) < 4.78 is 11.4. The number of nitrogens with zero attached hydrogens (tertiary/aromatic N) is 5. The molecule has 1 N–H and O–H groups in total. The standard InChI is InChI=1S/C29H24N6O3/c1-4-37-28(36)24-10-7-20(16-32-24)21-13-17(2)25(18(3)14-21)38-27-23-11-12-31-26(23)34-29(35-27)33-22-8-5-19(15-30)6-9-22/h5-10,12-14,16H,4,11H2,1-3H3,(H,33,34,35). The van der Waals surface area contributed by atoms with E-state index in [4.69, 9.17) is 14.7 Å². The molecule has 0 atom stereocenters. The van der Waals surface area contributed by atoms with Crippen molar-refractivity contribution in [3.05, 3.63) is 82.7 Å². The number of rotatable bonds is 7. The number of nitrogens with one attached hydrogen (secondary N) is 1. The Bertz CT molecular complexity index is 1570. The molecule has 2 aromatic heterocycles. The largest absolute Gasteiger partial charge is 0.461 e. The van der Waals surface area contributed by atoms with Crippen LogP contribution in [-0.4, -0.2) is 33.7 Å². The second-order valence-electron chi connectivity index (χ2n) is 8.68. The highest BCUT2D eigenvalue weighted by Gasteiger charge is 2.21. The molecule has 2 aromatic carbocycles. The van der Waals surface area contributed by atoms with E-state index in [1.54, 1.807) is 49.7 Å². The van der Waals surface area contributed by atoms with Crippen LogP contribution in [0.25, 0.3) is 11.1 Å². The Morgan fingerprint density at radius 3 is 2.47 bits per heavy atom. The van der Waals surface area contributed by atoms with Gasteiger partial charge < -0.3 is 14.8 Å². The first kappa shape index (κ1) is 24.6. The van der Waals surface area contributed by atoms with Crippen LogP contribution in [-0.2, 0) is 11.2 Å². The van der Waals surface area contributed by atoms with E-state index in [2.05, 4.69) is 31.3 Å². The highest BCUT2D eigenvalue weighted by atomic mass is 16.5. The van der Waals surface area contributed by atoms with Crippen molar-refractivity contribution >= 4 is 29.6 Å². The van der Waals surface area contributed by atoms with Gasteiger partial charge in [0.15, 0.2) is 5.82 Å². The van der Waals surface area contributed by atoms with Crippen LogP contribution in [0, 0.1) is 25.2 Å². The van der Waals surface area contributed by atoms with Crippen LogP contribution in [0.2, 0.25) is 0 Å². The van der Waals surface area contributed by atoms with Crippen LogP contribution in [0.3, 0.4) is 0 Å². The molecule has 0 saturated heterocycles. The third kappa shape index (κ3) is 5.06. The maximum atomic E-state index is 11.9. The van der Waals surface area contributed by atoms with Crippen molar-refractivity contribution in [1.82, 2.24) is 15.0 Å². The maximum Gasteiger partial charge on any atom is 0.356 e. The third-order valence-electron chi connectivity index (χ3n) is 5.97. The lowest BCUT2D eigenvalue weighted by molar-refractivity contribution is 0.0519. The van der Waals surface area contributed by atoms with Crippen molar-refractivity contribution in [3.8, 4) is 28.8 Å². The number of esters is 1. The molecular formula is C29H24N6O3. The van der Waals surface area contributed by atoms with E-state index in [-0.39, 0.29) is 5.69 Å². The van der Waals surface area contributed by atoms with Crippen LogP contribution < -0.4 is 10.1 Å². The summed E-state index contributed by atoms with van der Waals surface area (Å²) in [5.41, 5.74) is 6.07. The molecule has 0 radical (unpaired) electrons. The molecule has 0 saturated carbocycles. The molecule has 4 aromatic rings. The van der Waals surface area contributed by atoms with Crippen molar-refractivity contribution < 1.29 is 14.3 Å². The van der Waals surface area contributed by atoms with E-state index in [9.17, 15) is 4.79 Å². The second-order valence-corrected chi connectivity index (χ2v) is 8.68. The summed E-state index contributed by atoms with van der Waals surface area (Å²) in [6, 6.07) is 16.7. The lowest BCUT2D eigenvalue weighted by atomic mass is 10.0. The molecule has 5 rings (SSSR count). The zero-order chi connectivity index (χ0) is 26.6. The Hall–Kier alpha value is -5.10. The van der Waals surface area contributed by atoms with Gasteiger partial charge in [-0.1, -0.05) is 6.07 Å². The first-order valence-corrected chi connectivity index (χ1v) is 12.1. The molecule has 38 heavy (non-hydrogen) atoms. The number of aryl methyl sites for hydroxylation is 2. The van der Waals surface area contributed by atoms with Crippen molar-refractivity contribution in [2.75, 3.05) is 11.9 Å². The van der Waals surface area contributed by atoms with Crippen LogP contribution in [0.15, 0.2) is 59.7 Å². The van der Waals surface area contributed by atoms with Crippen molar-refractivity contribution in [2.24, 2.45) is 4.99 Å². The Kier molecular flexibility index (Phi) is 6.78. The van der Waals surface area contributed by atoms with Crippen molar-refractivity contribution in [3.63, 3.8) is 0 Å². The van der Waals surface area contributed by atoms with Gasteiger partial charge in [-0.3, -0.25) is 0 Å². The Morgan fingerprint density at radius 2 is 1.82 bits per heavy atom. The summed E-state index contributed by atoms with van der Waals surface area (Å²) in [4.78, 5) is 29.7.